The lowest BCUT2D eigenvalue weighted by Gasteiger charge is -2.48. The Morgan fingerprint density at radius 1 is 1.24 bits per heavy atom. The summed E-state index contributed by atoms with van der Waals surface area (Å²) < 4.78 is 86.9. The van der Waals surface area contributed by atoms with Crippen molar-refractivity contribution in [1.82, 2.24) is 19.5 Å². The van der Waals surface area contributed by atoms with Gasteiger partial charge in [-0.25, -0.2) is 12.8 Å². The number of nitrogens with zero attached hydrogens (tertiary/aromatic N) is 2. The molecule has 0 saturated carbocycles. The van der Waals surface area contributed by atoms with Crippen LogP contribution in [0.4, 0.5) is 23.2 Å². The highest BCUT2D eigenvalue weighted by Crippen LogP contribution is 2.37. The number of sulfonamides is 1. The number of carbonyl (C=O) groups excluding carboxylic acids is 3. The highest BCUT2D eigenvalue weighted by molar-refractivity contribution is 7.89. The number of hydrogen-bond acceptors (Lipinski definition) is 6. The van der Waals surface area contributed by atoms with Gasteiger partial charge in [0.1, 0.15) is 28.9 Å². The molecule has 1 fully saturated rings. The van der Waals surface area contributed by atoms with E-state index in [1.165, 1.54) is 17.7 Å². The molecule has 11 nitrogen and oxygen atoms in total. The van der Waals surface area contributed by atoms with Crippen molar-refractivity contribution in [2.45, 2.75) is 29.6 Å². The summed E-state index contributed by atoms with van der Waals surface area (Å²) in [6.45, 7) is -0.433. The molecule has 3 amide bonds. The van der Waals surface area contributed by atoms with Crippen LogP contribution in [0.3, 0.4) is 0 Å². The summed E-state index contributed by atoms with van der Waals surface area (Å²) in [5, 5.41) is 3.78. The smallest absolute Gasteiger partial charge is 0.408 e. The van der Waals surface area contributed by atoms with Crippen LogP contribution >= 0.6 is 11.6 Å². The van der Waals surface area contributed by atoms with Gasteiger partial charge in [0, 0.05) is 32.0 Å². The molecule has 4 rings (SSSR count). The molecule has 1 spiro atoms. The van der Waals surface area contributed by atoms with Gasteiger partial charge in [0.25, 0.3) is 5.91 Å². The Bertz CT molecular complexity index is 1440. The van der Waals surface area contributed by atoms with Crippen molar-refractivity contribution in [3.63, 3.8) is 0 Å². The number of alkyl halides is 3. The van der Waals surface area contributed by atoms with Gasteiger partial charge in [0.15, 0.2) is 11.4 Å². The van der Waals surface area contributed by atoms with Crippen molar-refractivity contribution in [2.24, 2.45) is 7.05 Å². The van der Waals surface area contributed by atoms with Crippen LogP contribution in [0.5, 0.6) is 5.75 Å². The third kappa shape index (κ3) is 5.15. The van der Waals surface area contributed by atoms with Crippen LogP contribution in [0.15, 0.2) is 29.3 Å². The maximum Gasteiger partial charge on any atom is 0.408 e. The van der Waals surface area contributed by atoms with Gasteiger partial charge in [0.05, 0.1) is 5.02 Å². The first-order chi connectivity index (χ1) is 17.5. The number of amides is 3. The van der Waals surface area contributed by atoms with Crippen molar-refractivity contribution in [3.05, 3.63) is 40.9 Å². The van der Waals surface area contributed by atoms with Gasteiger partial charge in [-0.1, -0.05) is 11.6 Å². The standard InChI is InChI=1S/C21H20ClF4N5O6S/c1-10(21(24,25)26)27-18(33)19(34)31-7-20(8-31)9-37-16-14(38(35,36)29-20)6-30(2)15(16)17(32)28-11-3-4-13(23)12(22)5-11/h3-6,10,29H,7-9H2,1-2H3,(H,27,33)(H,28,32)/t10-/m0/s1. The first-order valence-corrected chi connectivity index (χ1v) is 12.7. The minimum atomic E-state index is -4.75. The fourth-order valence-electron chi connectivity index (χ4n) is 3.98. The maximum atomic E-state index is 13.4. The Kier molecular flexibility index (Phi) is 6.86. The second-order valence-electron chi connectivity index (χ2n) is 8.94. The molecule has 17 heteroatoms. The lowest BCUT2D eigenvalue weighted by molar-refractivity contribution is -0.164. The average molecular weight is 582 g/mol. The number of hydrogen-bond donors (Lipinski definition) is 3. The molecule has 206 valence electrons. The topological polar surface area (TPSA) is 139 Å². The molecule has 38 heavy (non-hydrogen) atoms. The minimum Gasteiger partial charge on any atom is -0.488 e. The summed E-state index contributed by atoms with van der Waals surface area (Å²) >= 11 is 5.73. The predicted molar refractivity (Wildman–Crippen MR) is 124 cm³/mol. The van der Waals surface area contributed by atoms with Gasteiger partial charge >= 0.3 is 18.0 Å². The summed E-state index contributed by atoms with van der Waals surface area (Å²) in [7, 11) is -2.91. The van der Waals surface area contributed by atoms with E-state index in [0.29, 0.717) is 6.92 Å². The number of benzene rings is 1. The lowest BCUT2D eigenvalue weighted by Crippen LogP contribution is -2.74. The fourth-order valence-corrected chi connectivity index (χ4v) is 5.73. The van der Waals surface area contributed by atoms with Crippen molar-refractivity contribution in [3.8, 4) is 5.75 Å². The molecule has 0 unspecified atom stereocenters. The number of rotatable bonds is 3. The molecular formula is C21H20ClF4N5O6S. The second-order valence-corrected chi connectivity index (χ2v) is 11.0. The Balaban J connectivity index is 1.50. The normalized spacial score (nSPS) is 18.4. The molecule has 3 N–H and O–H groups in total. The Hall–Kier alpha value is -3.37. The van der Waals surface area contributed by atoms with E-state index in [4.69, 9.17) is 16.3 Å². The predicted octanol–water partition coefficient (Wildman–Crippen LogP) is 1.39. The number of aromatic nitrogens is 1. The largest absolute Gasteiger partial charge is 0.488 e. The minimum absolute atomic E-state index is 0.133. The average Bonchev–Trinajstić information content (AvgIpc) is 3.08. The molecule has 2 aliphatic heterocycles. The number of carbonyl (C=O) groups is 3. The van der Waals surface area contributed by atoms with Crippen LogP contribution in [0.25, 0.3) is 0 Å². The summed E-state index contributed by atoms with van der Waals surface area (Å²) in [6, 6.07) is 1.18. The summed E-state index contributed by atoms with van der Waals surface area (Å²) in [6.07, 6.45) is -3.62. The SMILES string of the molecule is C[C@H](NC(=O)C(=O)N1CC2(COc3c(cn(C)c3C(=O)Nc3ccc(F)c(Cl)c3)S(=O)(=O)N2)C1)C(F)(F)F. The number of anilines is 1. The number of halogens is 5. The number of nitrogens with one attached hydrogen (secondary N) is 3. The monoisotopic (exact) mass is 581 g/mol. The Morgan fingerprint density at radius 2 is 1.89 bits per heavy atom. The summed E-state index contributed by atoms with van der Waals surface area (Å²) in [5.41, 5.74) is -1.45. The Morgan fingerprint density at radius 3 is 2.50 bits per heavy atom. The van der Waals surface area contributed by atoms with Crippen LogP contribution in [0.1, 0.15) is 17.4 Å². The molecule has 1 saturated heterocycles. The molecule has 0 bridgehead atoms. The fraction of sp³-hybridized carbons (Fsp3) is 0.381. The van der Waals surface area contributed by atoms with E-state index in [-0.39, 0.29) is 46.7 Å². The van der Waals surface area contributed by atoms with Crippen LogP contribution in [-0.4, -0.2) is 73.1 Å². The lowest BCUT2D eigenvalue weighted by atomic mass is 9.92. The highest BCUT2D eigenvalue weighted by Gasteiger charge is 2.53. The zero-order chi connectivity index (χ0) is 28.2. The van der Waals surface area contributed by atoms with Gasteiger partial charge in [-0.15, -0.1) is 0 Å². The van der Waals surface area contributed by atoms with E-state index in [0.717, 1.165) is 23.2 Å². The van der Waals surface area contributed by atoms with E-state index in [2.05, 4.69) is 10.0 Å². The molecule has 1 aromatic carbocycles. The molecule has 1 atom stereocenters. The third-order valence-corrected chi connectivity index (χ3v) is 7.80. The summed E-state index contributed by atoms with van der Waals surface area (Å²) in [4.78, 5) is 37.7. The van der Waals surface area contributed by atoms with Gasteiger partial charge in [-0.3, -0.25) is 14.4 Å². The van der Waals surface area contributed by atoms with Crippen LogP contribution in [0, 0.1) is 5.82 Å². The van der Waals surface area contributed by atoms with Crippen molar-refractivity contribution in [1.29, 1.82) is 0 Å². The summed E-state index contributed by atoms with van der Waals surface area (Å²) in [5.74, 6) is -4.55. The first-order valence-electron chi connectivity index (χ1n) is 10.8. The quantitative estimate of drug-likeness (QED) is 0.370. The first kappa shape index (κ1) is 27.7. The van der Waals surface area contributed by atoms with Crippen molar-refractivity contribution < 1.29 is 45.1 Å². The molecule has 2 aromatic rings. The molecule has 0 radical (unpaired) electrons. The Labute approximate surface area is 218 Å². The van der Waals surface area contributed by atoms with E-state index in [1.807, 2.05) is 0 Å². The van der Waals surface area contributed by atoms with Gasteiger partial charge in [0.2, 0.25) is 10.0 Å². The van der Waals surface area contributed by atoms with Crippen molar-refractivity contribution in [2.75, 3.05) is 25.0 Å². The van der Waals surface area contributed by atoms with Crippen LogP contribution in [-0.2, 0) is 26.7 Å². The zero-order valence-corrected chi connectivity index (χ0v) is 21.2. The number of likely N-dealkylation sites (tertiary alicyclic amines) is 1. The van der Waals surface area contributed by atoms with Gasteiger partial charge in [-0.05, 0) is 25.1 Å². The highest BCUT2D eigenvalue weighted by atomic mass is 35.5. The molecule has 1 aromatic heterocycles. The molecule has 0 aliphatic carbocycles. The van der Waals surface area contributed by atoms with Gasteiger partial charge in [-0.2, -0.15) is 17.9 Å². The number of ether oxygens (including phenoxy) is 1. The van der Waals surface area contributed by atoms with Crippen molar-refractivity contribution >= 4 is 45.0 Å². The molecule has 2 aliphatic rings. The van der Waals surface area contributed by atoms with Crippen LogP contribution in [0.2, 0.25) is 5.02 Å². The number of fused-ring (bicyclic) bond motifs is 1. The van der Waals surface area contributed by atoms with E-state index < -0.39 is 51.3 Å². The zero-order valence-electron chi connectivity index (χ0n) is 19.7. The maximum absolute atomic E-state index is 13.4. The van der Waals surface area contributed by atoms with E-state index in [9.17, 15) is 40.4 Å². The van der Waals surface area contributed by atoms with Crippen LogP contribution < -0.4 is 20.1 Å². The second kappa shape index (κ2) is 9.43. The molecular weight excluding hydrogens is 562 g/mol. The van der Waals surface area contributed by atoms with E-state index in [1.54, 1.807) is 5.32 Å². The third-order valence-electron chi connectivity index (χ3n) is 5.94. The van der Waals surface area contributed by atoms with E-state index >= 15 is 0 Å². The molecule has 3 heterocycles. The number of aryl methyl sites for hydroxylation is 1. The van der Waals surface area contributed by atoms with Gasteiger partial charge < -0.3 is 24.8 Å².